The quantitative estimate of drug-likeness (QED) is 0.628. The number of thiophene rings is 1. The molecule has 0 atom stereocenters. The molecule has 8 nitrogen and oxygen atoms in total. The predicted molar refractivity (Wildman–Crippen MR) is 103 cm³/mol. The number of hydrogen-bond donors (Lipinski definition) is 2. The van der Waals surface area contributed by atoms with E-state index in [4.69, 9.17) is 16.3 Å². The summed E-state index contributed by atoms with van der Waals surface area (Å²) in [7, 11) is -2.40. The van der Waals surface area contributed by atoms with Gasteiger partial charge < -0.3 is 10.1 Å². The van der Waals surface area contributed by atoms with Gasteiger partial charge in [0.05, 0.1) is 18.4 Å². The van der Waals surface area contributed by atoms with Gasteiger partial charge in [-0.25, -0.2) is 8.42 Å². The van der Waals surface area contributed by atoms with Gasteiger partial charge in [-0.05, 0) is 35.7 Å². The lowest BCUT2D eigenvalue weighted by molar-refractivity contribution is 0.102. The number of rotatable bonds is 6. The van der Waals surface area contributed by atoms with Crippen LogP contribution in [0.2, 0.25) is 5.15 Å². The summed E-state index contributed by atoms with van der Waals surface area (Å²) >= 11 is 6.73. The Balaban J connectivity index is 1.93. The Kier molecular flexibility index (Phi) is 5.59. The molecule has 1 amide bonds. The summed E-state index contributed by atoms with van der Waals surface area (Å²) in [5, 5.41) is 11.8. The fourth-order valence-electron chi connectivity index (χ4n) is 2.11. The second-order valence-electron chi connectivity index (χ2n) is 5.14. The van der Waals surface area contributed by atoms with E-state index >= 15 is 0 Å². The third-order valence-corrected chi connectivity index (χ3v) is 6.31. The van der Waals surface area contributed by atoms with Gasteiger partial charge in [-0.1, -0.05) is 17.7 Å². The van der Waals surface area contributed by atoms with E-state index in [0.717, 1.165) is 11.3 Å². The number of sulfonamides is 1. The maximum atomic E-state index is 12.6. The number of halogens is 1. The SMILES string of the molecule is COc1ccc(C(=O)Nc2ccc(Cl)nn2)c(NS(=O)(=O)c2cccs2)c1. The number of nitrogens with one attached hydrogen (secondary N) is 2. The summed E-state index contributed by atoms with van der Waals surface area (Å²) in [5.74, 6) is -0.00727. The fraction of sp³-hybridized carbons (Fsp3) is 0.0625. The van der Waals surface area contributed by atoms with Crippen molar-refractivity contribution in [3.8, 4) is 5.75 Å². The molecule has 2 N–H and O–H groups in total. The molecule has 0 fully saturated rings. The van der Waals surface area contributed by atoms with Crippen LogP contribution >= 0.6 is 22.9 Å². The second kappa shape index (κ2) is 7.91. The third-order valence-electron chi connectivity index (χ3n) is 3.35. The highest BCUT2D eigenvalue weighted by molar-refractivity contribution is 7.94. The predicted octanol–water partition coefficient (Wildman–Crippen LogP) is 3.25. The van der Waals surface area contributed by atoms with Gasteiger partial charge in [0.15, 0.2) is 11.0 Å². The number of hydrogen-bond acceptors (Lipinski definition) is 7. The molecule has 140 valence electrons. The van der Waals surface area contributed by atoms with Crippen molar-refractivity contribution < 1.29 is 17.9 Å². The van der Waals surface area contributed by atoms with E-state index in [2.05, 4.69) is 20.2 Å². The van der Waals surface area contributed by atoms with E-state index in [-0.39, 0.29) is 26.4 Å². The van der Waals surface area contributed by atoms with E-state index < -0.39 is 15.9 Å². The lowest BCUT2D eigenvalue weighted by atomic mass is 10.1. The van der Waals surface area contributed by atoms with Gasteiger partial charge in [0.1, 0.15) is 9.96 Å². The van der Waals surface area contributed by atoms with Crippen LogP contribution in [0.4, 0.5) is 11.5 Å². The minimum absolute atomic E-state index is 0.0715. The van der Waals surface area contributed by atoms with Crippen molar-refractivity contribution in [2.75, 3.05) is 17.1 Å². The largest absolute Gasteiger partial charge is 0.497 e. The zero-order valence-corrected chi connectivity index (χ0v) is 16.2. The number of anilines is 2. The maximum absolute atomic E-state index is 12.6. The topological polar surface area (TPSA) is 110 Å². The molecule has 0 bridgehead atoms. The standard InChI is InChI=1S/C16H13ClN4O4S2/c1-25-10-4-5-11(16(22)18-14-7-6-13(17)19-20-14)12(9-10)21-27(23,24)15-3-2-8-26-15/h2-9,21H,1H3,(H,18,20,22). The van der Waals surface area contributed by atoms with E-state index in [1.54, 1.807) is 17.5 Å². The lowest BCUT2D eigenvalue weighted by Crippen LogP contribution is -2.18. The van der Waals surface area contributed by atoms with E-state index in [9.17, 15) is 13.2 Å². The molecule has 27 heavy (non-hydrogen) atoms. The molecule has 0 saturated carbocycles. The van der Waals surface area contributed by atoms with Crippen LogP contribution in [0.1, 0.15) is 10.4 Å². The summed E-state index contributed by atoms with van der Waals surface area (Å²) in [6.45, 7) is 0. The number of nitrogens with zero attached hydrogens (tertiary/aromatic N) is 2. The molecule has 0 spiro atoms. The number of methoxy groups -OCH3 is 1. The zero-order chi connectivity index (χ0) is 19.4. The van der Waals surface area contributed by atoms with Crippen LogP contribution < -0.4 is 14.8 Å². The van der Waals surface area contributed by atoms with Crippen molar-refractivity contribution in [3.05, 3.63) is 58.6 Å². The van der Waals surface area contributed by atoms with Gasteiger partial charge in [-0.2, -0.15) is 0 Å². The van der Waals surface area contributed by atoms with Gasteiger partial charge in [-0.3, -0.25) is 9.52 Å². The molecule has 0 saturated heterocycles. The summed E-state index contributed by atoms with van der Waals surface area (Å²) in [6.07, 6.45) is 0. The van der Waals surface area contributed by atoms with Crippen LogP contribution in [0, 0.1) is 0 Å². The van der Waals surface area contributed by atoms with Crippen molar-refractivity contribution >= 4 is 50.4 Å². The van der Waals surface area contributed by atoms with Crippen LogP contribution in [0.25, 0.3) is 0 Å². The van der Waals surface area contributed by atoms with Gasteiger partial charge in [0, 0.05) is 6.07 Å². The van der Waals surface area contributed by atoms with Crippen molar-refractivity contribution in [2.24, 2.45) is 0 Å². The maximum Gasteiger partial charge on any atom is 0.271 e. The Morgan fingerprint density at radius 2 is 2.00 bits per heavy atom. The summed E-state index contributed by atoms with van der Waals surface area (Å²) in [4.78, 5) is 12.6. The van der Waals surface area contributed by atoms with Crippen LogP contribution in [0.5, 0.6) is 5.75 Å². The monoisotopic (exact) mass is 424 g/mol. The molecule has 0 aliphatic rings. The molecular weight excluding hydrogens is 412 g/mol. The van der Waals surface area contributed by atoms with Gasteiger partial charge in [0.2, 0.25) is 0 Å². The first kappa shape index (κ1) is 19.1. The number of amides is 1. The van der Waals surface area contributed by atoms with E-state index in [1.165, 1.54) is 37.4 Å². The normalized spacial score (nSPS) is 11.0. The first-order chi connectivity index (χ1) is 12.9. The number of ether oxygens (including phenoxy) is 1. The highest BCUT2D eigenvalue weighted by atomic mass is 35.5. The zero-order valence-electron chi connectivity index (χ0n) is 13.8. The van der Waals surface area contributed by atoms with Crippen LogP contribution in [-0.2, 0) is 10.0 Å². The minimum atomic E-state index is -3.84. The van der Waals surface area contributed by atoms with Gasteiger partial charge in [-0.15, -0.1) is 21.5 Å². The Hall–Kier alpha value is -2.69. The summed E-state index contributed by atoms with van der Waals surface area (Å²) in [6, 6.07) is 10.5. The first-order valence-electron chi connectivity index (χ1n) is 7.44. The first-order valence-corrected chi connectivity index (χ1v) is 10.2. The van der Waals surface area contributed by atoms with Crippen LogP contribution in [0.3, 0.4) is 0 Å². The Labute approximate surface area is 164 Å². The molecule has 1 aromatic carbocycles. The van der Waals surface area contributed by atoms with Crippen LogP contribution in [-0.4, -0.2) is 31.6 Å². The Morgan fingerprint density at radius 1 is 1.19 bits per heavy atom. The fourth-order valence-corrected chi connectivity index (χ4v) is 4.27. The molecule has 0 aliphatic heterocycles. The summed E-state index contributed by atoms with van der Waals surface area (Å²) < 4.78 is 32.7. The van der Waals surface area contributed by atoms with Gasteiger partial charge >= 0.3 is 0 Å². The average molecular weight is 425 g/mol. The van der Waals surface area contributed by atoms with Crippen molar-refractivity contribution in [3.63, 3.8) is 0 Å². The molecule has 2 heterocycles. The third kappa shape index (κ3) is 4.54. The molecule has 0 radical (unpaired) electrons. The molecule has 2 aromatic heterocycles. The minimum Gasteiger partial charge on any atom is -0.497 e. The lowest BCUT2D eigenvalue weighted by Gasteiger charge is -2.13. The van der Waals surface area contributed by atoms with Crippen molar-refractivity contribution in [1.29, 1.82) is 0 Å². The number of benzene rings is 1. The van der Waals surface area contributed by atoms with Crippen molar-refractivity contribution in [1.82, 2.24) is 10.2 Å². The van der Waals surface area contributed by atoms with Crippen LogP contribution in [0.15, 0.2) is 52.1 Å². The smallest absolute Gasteiger partial charge is 0.271 e. The van der Waals surface area contributed by atoms with Crippen molar-refractivity contribution in [2.45, 2.75) is 4.21 Å². The molecule has 0 aliphatic carbocycles. The van der Waals surface area contributed by atoms with E-state index in [0.29, 0.717) is 5.75 Å². The molecule has 3 rings (SSSR count). The number of carbonyl (C=O) groups is 1. The number of carbonyl (C=O) groups excluding carboxylic acids is 1. The highest BCUT2D eigenvalue weighted by Crippen LogP contribution is 2.27. The second-order valence-corrected chi connectivity index (χ2v) is 8.39. The Morgan fingerprint density at radius 3 is 2.63 bits per heavy atom. The highest BCUT2D eigenvalue weighted by Gasteiger charge is 2.20. The van der Waals surface area contributed by atoms with Gasteiger partial charge in [0.25, 0.3) is 15.9 Å². The average Bonchev–Trinajstić information content (AvgIpc) is 3.19. The van der Waals surface area contributed by atoms with E-state index in [1.807, 2.05) is 0 Å². The number of aromatic nitrogens is 2. The summed E-state index contributed by atoms with van der Waals surface area (Å²) in [5.41, 5.74) is 0.162. The molecule has 11 heteroatoms. The molecular formula is C16H13ClN4O4S2. The molecule has 0 unspecified atom stereocenters. The Bertz CT molecular complexity index is 1050. The molecule has 3 aromatic rings.